The first-order valence-electron chi connectivity index (χ1n) is 13.6. The highest BCUT2D eigenvalue weighted by Gasteiger charge is 2.18. The first kappa shape index (κ1) is 26.3. The molecule has 0 saturated heterocycles. The monoisotopic (exact) mass is 490 g/mol. The van der Waals surface area contributed by atoms with E-state index in [4.69, 9.17) is 0 Å². The fourth-order valence-electron chi connectivity index (χ4n) is 5.31. The smallest absolute Gasteiger partial charge is 0.166 e. The van der Waals surface area contributed by atoms with Gasteiger partial charge in [-0.3, -0.25) is 0 Å². The van der Waals surface area contributed by atoms with E-state index in [1.165, 1.54) is 38.5 Å². The van der Waals surface area contributed by atoms with Crippen LogP contribution in [0.1, 0.15) is 82.8 Å². The molecule has 1 unspecified atom stereocenters. The molecular weight excluding hydrogens is 453 g/mol. The van der Waals surface area contributed by atoms with Gasteiger partial charge in [-0.25, -0.2) is 13.2 Å². The predicted molar refractivity (Wildman–Crippen MR) is 145 cm³/mol. The third-order valence-electron chi connectivity index (χ3n) is 7.62. The molecular formula is C33H37F3. The Kier molecular flexibility index (Phi) is 9.07. The van der Waals surface area contributed by atoms with Crippen molar-refractivity contribution in [2.45, 2.75) is 78.1 Å². The number of aryl methyl sites for hydroxylation is 1. The van der Waals surface area contributed by atoms with Crippen molar-refractivity contribution in [2.24, 2.45) is 5.92 Å². The molecule has 3 aromatic carbocycles. The van der Waals surface area contributed by atoms with E-state index in [-0.39, 0.29) is 11.4 Å². The van der Waals surface area contributed by atoms with Crippen molar-refractivity contribution in [1.29, 1.82) is 0 Å². The molecule has 0 fully saturated rings. The molecule has 1 atom stereocenters. The number of unbranched alkanes of at least 4 members (excludes halogenated alkanes) is 4. The number of rotatable bonds is 10. The highest BCUT2D eigenvalue weighted by Crippen LogP contribution is 2.35. The van der Waals surface area contributed by atoms with Crippen LogP contribution in [0.25, 0.3) is 27.8 Å². The molecule has 0 N–H and O–H groups in total. The Balaban J connectivity index is 1.42. The molecule has 1 aliphatic carbocycles. The summed E-state index contributed by atoms with van der Waals surface area (Å²) in [5.74, 6) is -1.08. The largest absolute Gasteiger partial charge is 0.206 e. The Morgan fingerprint density at radius 3 is 2.08 bits per heavy atom. The molecule has 0 amide bonds. The van der Waals surface area contributed by atoms with Crippen molar-refractivity contribution in [3.05, 3.63) is 89.3 Å². The van der Waals surface area contributed by atoms with Crippen LogP contribution in [0.15, 0.2) is 60.7 Å². The van der Waals surface area contributed by atoms with E-state index in [1.807, 2.05) is 24.3 Å². The van der Waals surface area contributed by atoms with Crippen LogP contribution < -0.4 is 0 Å². The van der Waals surface area contributed by atoms with E-state index >= 15 is 4.39 Å². The summed E-state index contributed by atoms with van der Waals surface area (Å²) in [5, 5.41) is 0. The maximum Gasteiger partial charge on any atom is 0.166 e. The molecule has 0 radical (unpaired) electrons. The summed E-state index contributed by atoms with van der Waals surface area (Å²) in [7, 11) is 0. The van der Waals surface area contributed by atoms with E-state index in [1.54, 1.807) is 37.3 Å². The van der Waals surface area contributed by atoms with Gasteiger partial charge in [0.05, 0.1) is 0 Å². The molecule has 0 spiro atoms. The second-order valence-electron chi connectivity index (χ2n) is 10.1. The first-order valence-corrected chi connectivity index (χ1v) is 13.6. The molecule has 1 aliphatic rings. The molecule has 3 aromatic rings. The maximum atomic E-state index is 15.1. The average Bonchev–Trinajstić information content (AvgIpc) is 2.91. The molecule has 0 saturated carbocycles. The van der Waals surface area contributed by atoms with Gasteiger partial charge >= 0.3 is 0 Å². The first-order chi connectivity index (χ1) is 17.5. The minimum atomic E-state index is -0.822. The highest BCUT2D eigenvalue weighted by molar-refractivity contribution is 5.74. The number of hydrogen-bond acceptors (Lipinski definition) is 0. The SMILES string of the molecule is CCCCCCCC1CC=C(c2ccc(-c3ccc(-c4ccc(CC)c(F)c4F)cc3)cc2F)CC1. The topological polar surface area (TPSA) is 0 Å². The Morgan fingerprint density at radius 1 is 0.722 bits per heavy atom. The van der Waals surface area contributed by atoms with Crippen LogP contribution in [-0.4, -0.2) is 0 Å². The number of allylic oxidation sites excluding steroid dienone is 2. The van der Waals surface area contributed by atoms with E-state index in [9.17, 15) is 8.78 Å². The van der Waals surface area contributed by atoms with Crippen LogP contribution in [0, 0.1) is 23.4 Å². The maximum absolute atomic E-state index is 15.1. The summed E-state index contributed by atoms with van der Waals surface area (Å²) in [5.41, 5.74) is 4.64. The molecule has 0 nitrogen and oxygen atoms in total. The lowest BCUT2D eigenvalue weighted by Gasteiger charge is -2.22. The number of halogens is 3. The number of benzene rings is 3. The quantitative estimate of drug-likeness (QED) is 0.248. The van der Waals surface area contributed by atoms with E-state index in [0.717, 1.165) is 41.9 Å². The molecule has 0 aliphatic heterocycles. The minimum absolute atomic E-state index is 0.205. The predicted octanol–water partition coefficient (Wildman–Crippen LogP) is 10.5. The molecule has 0 heterocycles. The van der Waals surface area contributed by atoms with Gasteiger partial charge in [-0.1, -0.05) is 107 Å². The Hall–Kier alpha value is -2.81. The Bertz CT molecular complexity index is 1190. The molecule has 3 heteroatoms. The summed E-state index contributed by atoms with van der Waals surface area (Å²) >= 11 is 0. The van der Waals surface area contributed by atoms with Crippen molar-refractivity contribution >= 4 is 5.57 Å². The standard InChI is InChI=1S/C33H37F3/c1-3-5-6-7-8-9-23-10-12-26(13-11-23)29-20-19-28(22-31(29)34)25-14-16-27(17-15-25)30-21-18-24(4-2)32(35)33(30)36/h12,14-23H,3-11,13H2,1-2H3. The van der Waals surface area contributed by atoms with E-state index in [0.29, 0.717) is 23.1 Å². The lowest BCUT2D eigenvalue weighted by Crippen LogP contribution is -2.06. The van der Waals surface area contributed by atoms with Crippen LogP contribution in [0.3, 0.4) is 0 Å². The molecule has 4 rings (SSSR count). The zero-order valence-electron chi connectivity index (χ0n) is 21.6. The van der Waals surface area contributed by atoms with Gasteiger partial charge in [-0.2, -0.15) is 0 Å². The van der Waals surface area contributed by atoms with E-state index in [2.05, 4.69) is 13.0 Å². The number of hydrogen-bond donors (Lipinski definition) is 0. The van der Waals surface area contributed by atoms with Gasteiger partial charge in [0.1, 0.15) is 5.82 Å². The average molecular weight is 491 g/mol. The van der Waals surface area contributed by atoms with Crippen LogP contribution in [0.2, 0.25) is 0 Å². The zero-order chi connectivity index (χ0) is 25.5. The van der Waals surface area contributed by atoms with Gasteiger partial charge < -0.3 is 0 Å². The van der Waals surface area contributed by atoms with Crippen molar-refractivity contribution in [2.75, 3.05) is 0 Å². The van der Waals surface area contributed by atoms with Crippen molar-refractivity contribution in [3.8, 4) is 22.3 Å². The lowest BCUT2D eigenvalue weighted by atomic mass is 9.83. The van der Waals surface area contributed by atoms with Crippen molar-refractivity contribution in [1.82, 2.24) is 0 Å². The Morgan fingerprint density at radius 2 is 1.42 bits per heavy atom. The van der Waals surface area contributed by atoms with Crippen molar-refractivity contribution in [3.63, 3.8) is 0 Å². The second kappa shape index (κ2) is 12.4. The fourth-order valence-corrected chi connectivity index (χ4v) is 5.31. The van der Waals surface area contributed by atoms with Crippen LogP contribution in [0.4, 0.5) is 13.2 Å². The van der Waals surface area contributed by atoms with Gasteiger partial charge in [0.2, 0.25) is 0 Å². The van der Waals surface area contributed by atoms with E-state index < -0.39 is 11.6 Å². The van der Waals surface area contributed by atoms with Gasteiger partial charge in [0.15, 0.2) is 11.6 Å². The lowest BCUT2D eigenvalue weighted by molar-refractivity contribution is 0.423. The summed E-state index contributed by atoms with van der Waals surface area (Å²) in [6.07, 6.45) is 13.7. The van der Waals surface area contributed by atoms with Crippen LogP contribution >= 0.6 is 0 Å². The normalized spacial score (nSPS) is 15.7. The molecule has 0 bridgehead atoms. The van der Waals surface area contributed by atoms with Gasteiger partial charge in [-0.15, -0.1) is 0 Å². The summed E-state index contributed by atoms with van der Waals surface area (Å²) in [4.78, 5) is 0. The van der Waals surface area contributed by atoms with Crippen LogP contribution in [-0.2, 0) is 6.42 Å². The second-order valence-corrected chi connectivity index (χ2v) is 10.1. The highest BCUT2D eigenvalue weighted by atomic mass is 19.2. The van der Waals surface area contributed by atoms with Crippen LogP contribution in [0.5, 0.6) is 0 Å². The third kappa shape index (κ3) is 6.11. The molecule has 0 aromatic heterocycles. The Labute approximate surface area is 214 Å². The van der Waals surface area contributed by atoms with Gasteiger partial charge in [0, 0.05) is 11.1 Å². The zero-order valence-corrected chi connectivity index (χ0v) is 21.6. The minimum Gasteiger partial charge on any atom is -0.206 e. The van der Waals surface area contributed by atoms with Gasteiger partial charge in [0.25, 0.3) is 0 Å². The molecule has 190 valence electrons. The molecule has 36 heavy (non-hydrogen) atoms. The summed E-state index contributed by atoms with van der Waals surface area (Å²) in [6.45, 7) is 4.04. The summed E-state index contributed by atoms with van der Waals surface area (Å²) in [6, 6.07) is 15.9. The van der Waals surface area contributed by atoms with Gasteiger partial charge in [-0.05, 0) is 65.5 Å². The fraction of sp³-hybridized carbons (Fsp3) is 0.394. The van der Waals surface area contributed by atoms with Crippen molar-refractivity contribution < 1.29 is 13.2 Å². The summed E-state index contributed by atoms with van der Waals surface area (Å²) < 4.78 is 43.9. The third-order valence-corrected chi connectivity index (χ3v) is 7.62.